The van der Waals surface area contributed by atoms with Gasteiger partial charge in [0.25, 0.3) is 0 Å². The Morgan fingerprint density at radius 2 is 0.532 bits per heavy atom. The van der Waals surface area contributed by atoms with E-state index >= 15 is 0 Å². The Labute approximate surface area is 385 Å². The molecule has 0 bridgehead atoms. The second-order valence-corrected chi connectivity index (χ2v) is 18.5. The predicted octanol–water partition coefficient (Wildman–Crippen LogP) is 17.9. The fourth-order valence-corrected chi connectivity index (χ4v) is 8.02. The van der Waals surface area contributed by atoms with Crippen LogP contribution < -0.4 is 0 Å². The zero-order valence-electron chi connectivity index (χ0n) is 41.7. The molecular formula is C56H104O6. The molecule has 1 unspecified atom stereocenters. The molecule has 0 aromatic rings. The molecule has 0 amide bonds. The van der Waals surface area contributed by atoms with Gasteiger partial charge >= 0.3 is 17.9 Å². The summed E-state index contributed by atoms with van der Waals surface area (Å²) in [5.41, 5.74) is 0. The summed E-state index contributed by atoms with van der Waals surface area (Å²) in [5, 5.41) is 0. The highest BCUT2D eigenvalue weighted by Crippen LogP contribution is 2.16. The van der Waals surface area contributed by atoms with Gasteiger partial charge in [0.2, 0.25) is 0 Å². The lowest BCUT2D eigenvalue weighted by Gasteiger charge is -2.18. The number of rotatable bonds is 50. The zero-order valence-corrected chi connectivity index (χ0v) is 41.7. The molecular weight excluding hydrogens is 769 g/mol. The molecule has 0 fully saturated rings. The van der Waals surface area contributed by atoms with E-state index in [0.29, 0.717) is 19.3 Å². The van der Waals surface area contributed by atoms with Crippen LogP contribution in [0.1, 0.15) is 297 Å². The average Bonchev–Trinajstić information content (AvgIpc) is 3.27. The molecule has 0 saturated heterocycles. The van der Waals surface area contributed by atoms with Crippen LogP contribution >= 0.6 is 0 Å². The van der Waals surface area contributed by atoms with Crippen LogP contribution in [0.3, 0.4) is 0 Å². The number of ether oxygens (including phenoxy) is 3. The highest BCUT2D eigenvalue weighted by Gasteiger charge is 2.19. The molecule has 0 N–H and O–H groups in total. The van der Waals surface area contributed by atoms with Gasteiger partial charge in [-0.2, -0.15) is 0 Å². The van der Waals surface area contributed by atoms with Crippen molar-refractivity contribution in [3.63, 3.8) is 0 Å². The molecule has 0 aliphatic carbocycles. The molecule has 0 saturated carbocycles. The number of unbranched alkanes of at least 4 members (excludes halogenated alkanes) is 35. The van der Waals surface area contributed by atoms with Gasteiger partial charge in [0.15, 0.2) is 6.10 Å². The average molecular weight is 873 g/mol. The Balaban J connectivity index is 4.24. The van der Waals surface area contributed by atoms with Gasteiger partial charge in [-0.3, -0.25) is 14.4 Å². The fourth-order valence-electron chi connectivity index (χ4n) is 8.02. The molecule has 0 radical (unpaired) electrons. The molecule has 0 rings (SSSR count). The van der Waals surface area contributed by atoms with E-state index in [9.17, 15) is 14.4 Å². The standard InChI is InChI=1S/C56H104O6/c1-4-7-10-13-16-19-22-24-25-26-27-28-29-30-31-33-34-37-40-43-46-49-55(58)61-52-53(51-60-54(57)48-45-42-39-36-21-18-15-12-9-6-3)62-56(59)50-47-44-41-38-35-32-23-20-17-14-11-8-5-2/h20,23,26-27,53H,4-19,21-22,24-25,28-52H2,1-3H3/b23-20-,27-26-. The summed E-state index contributed by atoms with van der Waals surface area (Å²) < 4.78 is 16.8. The van der Waals surface area contributed by atoms with Crippen molar-refractivity contribution in [1.82, 2.24) is 0 Å². The minimum Gasteiger partial charge on any atom is -0.462 e. The third-order valence-electron chi connectivity index (χ3n) is 12.2. The van der Waals surface area contributed by atoms with Crippen LogP contribution in [0.25, 0.3) is 0 Å². The molecule has 0 spiro atoms. The Kier molecular flexibility index (Phi) is 49.8. The van der Waals surface area contributed by atoms with E-state index in [4.69, 9.17) is 14.2 Å². The van der Waals surface area contributed by atoms with E-state index in [1.54, 1.807) is 0 Å². The smallest absolute Gasteiger partial charge is 0.306 e. The van der Waals surface area contributed by atoms with Crippen molar-refractivity contribution in [3.8, 4) is 0 Å². The molecule has 364 valence electrons. The van der Waals surface area contributed by atoms with Gasteiger partial charge in [0.05, 0.1) is 0 Å². The first-order valence-electron chi connectivity index (χ1n) is 27.3. The van der Waals surface area contributed by atoms with Crippen LogP contribution in [0.2, 0.25) is 0 Å². The van der Waals surface area contributed by atoms with Crippen molar-refractivity contribution in [1.29, 1.82) is 0 Å². The van der Waals surface area contributed by atoms with Crippen LogP contribution in [0.5, 0.6) is 0 Å². The third-order valence-corrected chi connectivity index (χ3v) is 12.2. The summed E-state index contributed by atoms with van der Waals surface area (Å²) in [5.74, 6) is -0.870. The monoisotopic (exact) mass is 873 g/mol. The highest BCUT2D eigenvalue weighted by atomic mass is 16.6. The molecule has 62 heavy (non-hydrogen) atoms. The summed E-state index contributed by atoms with van der Waals surface area (Å²) in [6.45, 7) is 6.63. The second kappa shape index (κ2) is 51.5. The number of hydrogen-bond acceptors (Lipinski definition) is 6. The van der Waals surface area contributed by atoms with E-state index in [1.807, 2.05) is 0 Å². The van der Waals surface area contributed by atoms with Crippen molar-refractivity contribution in [2.45, 2.75) is 303 Å². The van der Waals surface area contributed by atoms with Crippen molar-refractivity contribution in [3.05, 3.63) is 24.3 Å². The number of carbonyl (C=O) groups excluding carboxylic acids is 3. The summed E-state index contributed by atoms with van der Waals surface area (Å²) >= 11 is 0. The topological polar surface area (TPSA) is 78.9 Å². The first-order valence-corrected chi connectivity index (χ1v) is 27.3. The van der Waals surface area contributed by atoms with Gasteiger partial charge < -0.3 is 14.2 Å². The lowest BCUT2D eigenvalue weighted by molar-refractivity contribution is -0.167. The maximum atomic E-state index is 12.8. The van der Waals surface area contributed by atoms with Crippen LogP contribution in [0.15, 0.2) is 24.3 Å². The lowest BCUT2D eigenvalue weighted by atomic mass is 10.1. The number of allylic oxidation sites excluding steroid dienone is 4. The number of carbonyl (C=O) groups is 3. The fraction of sp³-hybridized carbons (Fsp3) is 0.875. The molecule has 0 aromatic carbocycles. The van der Waals surface area contributed by atoms with Crippen molar-refractivity contribution in [2.75, 3.05) is 13.2 Å². The Bertz CT molecular complexity index is 1000. The summed E-state index contributed by atoms with van der Waals surface area (Å²) in [4.78, 5) is 37.9. The normalized spacial score (nSPS) is 12.1. The molecule has 0 aromatic heterocycles. The van der Waals surface area contributed by atoms with Gasteiger partial charge in [-0.1, -0.05) is 231 Å². The van der Waals surface area contributed by atoms with Gasteiger partial charge in [-0.15, -0.1) is 0 Å². The van der Waals surface area contributed by atoms with E-state index < -0.39 is 6.10 Å². The summed E-state index contributed by atoms with van der Waals surface area (Å²) in [6.07, 6.45) is 58.8. The number of esters is 3. The van der Waals surface area contributed by atoms with Crippen LogP contribution in [0.4, 0.5) is 0 Å². The minimum absolute atomic E-state index is 0.0716. The maximum absolute atomic E-state index is 12.8. The first-order chi connectivity index (χ1) is 30.5. The lowest BCUT2D eigenvalue weighted by Crippen LogP contribution is -2.30. The van der Waals surface area contributed by atoms with E-state index in [-0.39, 0.29) is 31.1 Å². The molecule has 0 aliphatic rings. The van der Waals surface area contributed by atoms with E-state index in [2.05, 4.69) is 45.1 Å². The second-order valence-electron chi connectivity index (χ2n) is 18.5. The zero-order chi connectivity index (χ0) is 45.1. The van der Waals surface area contributed by atoms with Crippen molar-refractivity contribution in [2.24, 2.45) is 0 Å². The van der Waals surface area contributed by atoms with Gasteiger partial charge in [-0.05, 0) is 70.6 Å². The third kappa shape index (κ3) is 48.9. The Morgan fingerprint density at radius 3 is 0.823 bits per heavy atom. The van der Waals surface area contributed by atoms with Crippen LogP contribution in [-0.2, 0) is 28.6 Å². The van der Waals surface area contributed by atoms with E-state index in [1.165, 1.54) is 193 Å². The highest BCUT2D eigenvalue weighted by molar-refractivity contribution is 5.71. The van der Waals surface area contributed by atoms with Crippen molar-refractivity contribution >= 4 is 17.9 Å². The van der Waals surface area contributed by atoms with E-state index in [0.717, 1.165) is 64.2 Å². The molecule has 6 heteroatoms. The van der Waals surface area contributed by atoms with Crippen LogP contribution in [-0.4, -0.2) is 37.2 Å². The largest absolute Gasteiger partial charge is 0.462 e. The molecule has 0 heterocycles. The van der Waals surface area contributed by atoms with Crippen LogP contribution in [0, 0.1) is 0 Å². The maximum Gasteiger partial charge on any atom is 0.306 e. The Morgan fingerprint density at radius 1 is 0.306 bits per heavy atom. The van der Waals surface area contributed by atoms with Gasteiger partial charge in [0, 0.05) is 19.3 Å². The summed E-state index contributed by atoms with van der Waals surface area (Å²) in [7, 11) is 0. The number of hydrogen-bond donors (Lipinski definition) is 0. The molecule has 6 nitrogen and oxygen atoms in total. The predicted molar refractivity (Wildman–Crippen MR) is 266 cm³/mol. The molecule has 1 atom stereocenters. The van der Waals surface area contributed by atoms with Crippen molar-refractivity contribution < 1.29 is 28.6 Å². The van der Waals surface area contributed by atoms with Gasteiger partial charge in [-0.25, -0.2) is 0 Å². The Hall–Kier alpha value is -2.11. The van der Waals surface area contributed by atoms with Gasteiger partial charge in [0.1, 0.15) is 13.2 Å². The quantitative estimate of drug-likeness (QED) is 0.0262. The molecule has 0 aliphatic heterocycles. The summed E-state index contributed by atoms with van der Waals surface area (Å²) in [6, 6.07) is 0. The SMILES string of the molecule is CCCCCC/C=C\CCCCCCCC(=O)OC(COC(=O)CCCCCCCCCCCC)COC(=O)CCCCCCCCCCC/C=C\CCCCCCCCCC. The first kappa shape index (κ1) is 59.9. The minimum atomic E-state index is -0.771.